The third kappa shape index (κ3) is 6.54. The molecule has 0 atom stereocenters. The average Bonchev–Trinajstić information content (AvgIpc) is 2.78. The third-order valence-corrected chi connectivity index (χ3v) is 4.57. The van der Waals surface area contributed by atoms with Gasteiger partial charge < -0.3 is 15.4 Å². The van der Waals surface area contributed by atoms with E-state index in [-0.39, 0.29) is 24.8 Å². The summed E-state index contributed by atoms with van der Waals surface area (Å²) < 4.78 is 4.83. The summed E-state index contributed by atoms with van der Waals surface area (Å²) in [5.74, 6) is -0.939. The lowest BCUT2D eigenvalue weighted by Gasteiger charge is -2.09. The molecule has 0 unspecified atom stereocenters. The van der Waals surface area contributed by atoms with E-state index in [0.29, 0.717) is 12.3 Å². The largest absolute Gasteiger partial charge is 0.463 e. The third-order valence-electron chi connectivity index (χ3n) is 4.57. The van der Waals surface area contributed by atoms with Gasteiger partial charge >= 0.3 is 5.97 Å². The lowest BCUT2D eigenvalue weighted by molar-refractivity contribution is -0.137. The number of amides is 2. The number of fused-ring (bicyclic) bond motifs is 1. The molecule has 6 nitrogen and oxygen atoms in total. The highest BCUT2D eigenvalue weighted by molar-refractivity contribution is 5.96. The van der Waals surface area contributed by atoms with Gasteiger partial charge in [-0.25, -0.2) is 4.79 Å². The second kappa shape index (κ2) is 10.7. The molecule has 0 saturated carbocycles. The van der Waals surface area contributed by atoms with E-state index in [1.165, 1.54) is 6.08 Å². The van der Waals surface area contributed by atoms with Crippen molar-refractivity contribution in [3.8, 4) is 0 Å². The highest BCUT2D eigenvalue weighted by Crippen LogP contribution is 2.18. The van der Waals surface area contributed by atoms with E-state index >= 15 is 0 Å². The zero-order chi connectivity index (χ0) is 22.1. The fraction of sp³-hybridized carbons (Fsp3) is 0.160. The number of hydrogen-bond acceptors (Lipinski definition) is 4. The Balaban J connectivity index is 1.48. The van der Waals surface area contributed by atoms with Crippen molar-refractivity contribution in [2.24, 2.45) is 0 Å². The van der Waals surface area contributed by atoms with Gasteiger partial charge in [-0.3, -0.25) is 9.59 Å². The number of nitrogens with one attached hydrogen (secondary N) is 2. The summed E-state index contributed by atoms with van der Waals surface area (Å²) in [5, 5.41) is 7.50. The van der Waals surface area contributed by atoms with Gasteiger partial charge in [0.25, 0.3) is 0 Å². The molecule has 0 aromatic heterocycles. The number of esters is 1. The van der Waals surface area contributed by atoms with Crippen molar-refractivity contribution in [2.75, 3.05) is 18.5 Å². The quantitative estimate of drug-likeness (QED) is 0.433. The number of carbonyl (C=O) groups excluding carboxylic acids is 3. The van der Waals surface area contributed by atoms with Gasteiger partial charge in [0.1, 0.15) is 0 Å². The van der Waals surface area contributed by atoms with Crippen LogP contribution in [0.3, 0.4) is 0 Å². The van der Waals surface area contributed by atoms with Crippen LogP contribution < -0.4 is 10.6 Å². The minimum Gasteiger partial charge on any atom is -0.463 e. The monoisotopic (exact) mass is 416 g/mol. The van der Waals surface area contributed by atoms with E-state index in [1.54, 1.807) is 37.3 Å². The second-order valence-electron chi connectivity index (χ2n) is 6.85. The van der Waals surface area contributed by atoms with Crippen molar-refractivity contribution < 1.29 is 19.1 Å². The molecular formula is C25H24N2O4. The Morgan fingerprint density at radius 1 is 0.903 bits per heavy atom. The fourth-order valence-electron chi connectivity index (χ4n) is 3.10. The van der Waals surface area contributed by atoms with Gasteiger partial charge in [0.2, 0.25) is 11.8 Å². The van der Waals surface area contributed by atoms with E-state index in [9.17, 15) is 14.4 Å². The predicted molar refractivity (Wildman–Crippen MR) is 121 cm³/mol. The van der Waals surface area contributed by atoms with Crippen molar-refractivity contribution in [3.05, 3.63) is 83.9 Å². The summed E-state index contributed by atoms with van der Waals surface area (Å²) in [7, 11) is 0. The predicted octanol–water partition coefficient (Wildman–Crippen LogP) is 3.71. The Kier molecular flexibility index (Phi) is 7.54. The first-order valence-corrected chi connectivity index (χ1v) is 10.0. The molecular weight excluding hydrogens is 392 g/mol. The summed E-state index contributed by atoms with van der Waals surface area (Å²) in [6.07, 6.45) is 3.19. The fourth-order valence-corrected chi connectivity index (χ4v) is 3.10. The molecule has 0 aliphatic carbocycles. The molecule has 3 aromatic carbocycles. The number of rotatable bonds is 8. The molecule has 2 N–H and O–H groups in total. The Hall–Kier alpha value is -3.93. The molecule has 3 aromatic rings. The molecule has 0 saturated heterocycles. The molecule has 158 valence electrons. The number of carbonyl (C=O) groups is 3. The number of hydrogen-bond donors (Lipinski definition) is 2. The zero-order valence-corrected chi connectivity index (χ0v) is 17.3. The normalized spacial score (nSPS) is 10.7. The first-order chi connectivity index (χ1) is 15.0. The second-order valence-corrected chi connectivity index (χ2v) is 6.85. The van der Waals surface area contributed by atoms with Crippen molar-refractivity contribution in [1.82, 2.24) is 5.32 Å². The number of benzene rings is 3. The molecule has 3 rings (SSSR count). The van der Waals surface area contributed by atoms with Crippen LogP contribution in [0.4, 0.5) is 5.69 Å². The number of ether oxygens (including phenoxy) is 1. The van der Waals surface area contributed by atoms with Gasteiger partial charge in [0, 0.05) is 11.8 Å². The maximum Gasteiger partial charge on any atom is 0.330 e. The van der Waals surface area contributed by atoms with Crippen LogP contribution in [0, 0.1) is 0 Å². The van der Waals surface area contributed by atoms with Crippen LogP contribution in [0.25, 0.3) is 16.8 Å². The number of anilines is 1. The average molecular weight is 416 g/mol. The van der Waals surface area contributed by atoms with Crippen molar-refractivity contribution in [2.45, 2.75) is 13.3 Å². The van der Waals surface area contributed by atoms with Crippen molar-refractivity contribution in [3.63, 3.8) is 0 Å². The van der Waals surface area contributed by atoms with Crippen LogP contribution >= 0.6 is 0 Å². The first-order valence-electron chi connectivity index (χ1n) is 10.0. The summed E-state index contributed by atoms with van der Waals surface area (Å²) in [4.78, 5) is 35.8. The van der Waals surface area contributed by atoms with Crippen LogP contribution in [0.2, 0.25) is 0 Å². The Labute approximate surface area is 180 Å². The molecule has 0 aliphatic rings. The van der Waals surface area contributed by atoms with Crippen molar-refractivity contribution in [1.29, 1.82) is 0 Å². The van der Waals surface area contributed by atoms with Crippen LogP contribution in [0.1, 0.15) is 18.1 Å². The Morgan fingerprint density at radius 2 is 1.65 bits per heavy atom. The smallest absolute Gasteiger partial charge is 0.330 e. The molecule has 0 fully saturated rings. The molecule has 2 amide bonds. The van der Waals surface area contributed by atoms with Gasteiger partial charge in [0.15, 0.2) is 0 Å². The van der Waals surface area contributed by atoms with E-state index in [2.05, 4.69) is 10.6 Å². The molecule has 0 radical (unpaired) electrons. The van der Waals surface area contributed by atoms with E-state index in [0.717, 1.165) is 21.9 Å². The maximum absolute atomic E-state index is 12.3. The molecule has 0 aliphatic heterocycles. The molecule has 0 spiro atoms. The van der Waals surface area contributed by atoms with Gasteiger partial charge in [-0.15, -0.1) is 0 Å². The van der Waals surface area contributed by atoms with E-state index < -0.39 is 5.97 Å². The van der Waals surface area contributed by atoms with Crippen molar-refractivity contribution >= 4 is 40.3 Å². The van der Waals surface area contributed by atoms with Crippen LogP contribution in [-0.4, -0.2) is 30.9 Å². The minimum atomic E-state index is -0.404. The molecule has 6 heteroatoms. The summed E-state index contributed by atoms with van der Waals surface area (Å²) in [6.45, 7) is 1.95. The standard InChI is InChI=1S/C25H24N2O4/c1-2-31-25(30)15-12-18-10-13-21(14-11-18)27-24(29)17-26-23(28)16-20-8-5-7-19-6-3-4-9-22(19)20/h3-15H,2,16-17H2,1H3,(H,26,28)(H,27,29)/b15-12+. The summed E-state index contributed by atoms with van der Waals surface area (Å²) in [6, 6.07) is 20.7. The van der Waals surface area contributed by atoms with E-state index in [4.69, 9.17) is 4.74 Å². The summed E-state index contributed by atoms with van der Waals surface area (Å²) in [5.41, 5.74) is 2.32. The lowest BCUT2D eigenvalue weighted by Crippen LogP contribution is -2.33. The lowest BCUT2D eigenvalue weighted by atomic mass is 10.0. The van der Waals surface area contributed by atoms with Gasteiger partial charge in [-0.05, 0) is 47.0 Å². The molecule has 0 heterocycles. The molecule has 0 bridgehead atoms. The topological polar surface area (TPSA) is 84.5 Å². The molecule has 31 heavy (non-hydrogen) atoms. The SMILES string of the molecule is CCOC(=O)/C=C/c1ccc(NC(=O)CNC(=O)Cc2cccc3ccccc23)cc1. The summed E-state index contributed by atoms with van der Waals surface area (Å²) >= 11 is 0. The minimum absolute atomic E-state index is 0.117. The van der Waals surface area contributed by atoms with Gasteiger partial charge in [0.05, 0.1) is 19.6 Å². The first kappa shape index (κ1) is 21.8. The zero-order valence-electron chi connectivity index (χ0n) is 17.3. The van der Waals surface area contributed by atoms with E-state index in [1.807, 2.05) is 42.5 Å². The Bertz CT molecular complexity index is 1100. The van der Waals surface area contributed by atoms with Gasteiger partial charge in [-0.2, -0.15) is 0 Å². The van der Waals surface area contributed by atoms with Gasteiger partial charge in [-0.1, -0.05) is 54.6 Å². The maximum atomic E-state index is 12.3. The Morgan fingerprint density at radius 3 is 2.42 bits per heavy atom. The van der Waals surface area contributed by atoms with Crippen LogP contribution in [0.5, 0.6) is 0 Å². The van der Waals surface area contributed by atoms with Crippen LogP contribution in [-0.2, 0) is 25.5 Å². The highest BCUT2D eigenvalue weighted by Gasteiger charge is 2.09. The van der Waals surface area contributed by atoms with Crippen LogP contribution in [0.15, 0.2) is 72.8 Å². The highest BCUT2D eigenvalue weighted by atomic mass is 16.5.